The van der Waals surface area contributed by atoms with Crippen molar-refractivity contribution in [2.75, 3.05) is 11.9 Å². The van der Waals surface area contributed by atoms with Crippen molar-refractivity contribution in [3.8, 4) is 0 Å². The Morgan fingerprint density at radius 3 is 2.60 bits per heavy atom. The molecule has 0 fully saturated rings. The molecular formula is C20H23N3O2. The number of aliphatic imine (C=N–C) groups is 1. The van der Waals surface area contributed by atoms with Crippen LogP contribution < -0.4 is 11.1 Å². The third-order valence-electron chi connectivity index (χ3n) is 4.49. The molecule has 5 nitrogen and oxygen atoms in total. The van der Waals surface area contributed by atoms with Crippen LogP contribution in [0.2, 0.25) is 0 Å². The molecule has 3 rings (SSSR count). The van der Waals surface area contributed by atoms with Crippen LogP contribution >= 0.6 is 0 Å². The molecule has 0 saturated carbocycles. The van der Waals surface area contributed by atoms with Gasteiger partial charge in [0.05, 0.1) is 6.04 Å². The van der Waals surface area contributed by atoms with E-state index in [4.69, 9.17) is 10.5 Å². The van der Waals surface area contributed by atoms with Crippen LogP contribution in [0.4, 0.5) is 5.69 Å². The largest absolute Gasteiger partial charge is 0.463 e. The van der Waals surface area contributed by atoms with Gasteiger partial charge in [0.15, 0.2) is 0 Å². The SMILES string of the molecule is CC(CCc1ccc(NC(=O)c2ccccc2)cc1)C1COC(N)=N1. The van der Waals surface area contributed by atoms with Gasteiger partial charge in [-0.25, -0.2) is 4.99 Å². The normalized spacial score (nSPS) is 17.5. The predicted octanol–water partition coefficient (Wildman–Crippen LogP) is 3.22. The first-order valence-corrected chi connectivity index (χ1v) is 8.53. The number of hydrogen-bond acceptors (Lipinski definition) is 4. The summed E-state index contributed by atoms with van der Waals surface area (Å²) in [5.41, 5.74) is 8.25. The van der Waals surface area contributed by atoms with Crippen LogP contribution in [0.3, 0.4) is 0 Å². The molecule has 0 aliphatic carbocycles. The summed E-state index contributed by atoms with van der Waals surface area (Å²) in [6, 6.07) is 17.6. The summed E-state index contributed by atoms with van der Waals surface area (Å²) in [7, 11) is 0. The summed E-state index contributed by atoms with van der Waals surface area (Å²) in [6.45, 7) is 2.75. The van der Waals surface area contributed by atoms with Crippen LogP contribution in [0.5, 0.6) is 0 Å². The number of nitrogens with one attached hydrogen (secondary N) is 1. The van der Waals surface area contributed by atoms with Crippen molar-refractivity contribution < 1.29 is 9.53 Å². The number of rotatable bonds is 6. The second-order valence-electron chi connectivity index (χ2n) is 6.38. The zero-order chi connectivity index (χ0) is 17.6. The molecule has 0 bridgehead atoms. The number of nitrogens with two attached hydrogens (primary N) is 1. The van der Waals surface area contributed by atoms with Crippen LogP contribution in [0.15, 0.2) is 59.6 Å². The third-order valence-corrected chi connectivity index (χ3v) is 4.49. The monoisotopic (exact) mass is 337 g/mol. The maximum absolute atomic E-state index is 12.1. The lowest BCUT2D eigenvalue weighted by Gasteiger charge is -2.15. The van der Waals surface area contributed by atoms with Crippen LogP contribution in [0.25, 0.3) is 0 Å². The molecule has 2 aromatic rings. The number of amidine groups is 1. The van der Waals surface area contributed by atoms with Crippen LogP contribution in [-0.4, -0.2) is 24.6 Å². The predicted molar refractivity (Wildman–Crippen MR) is 99.7 cm³/mol. The van der Waals surface area contributed by atoms with Gasteiger partial charge in [-0.05, 0) is 48.6 Å². The van der Waals surface area contributed by atoms with Crippen LogP contribution in [0.1, 0.15) is 29.3 Å². The number of carbonyl (C=O) groups is 1. The number of ether oxygens (including phenoxy) is 1. The molecule has 0 aromatic heterocycles. The molecule has 2 unspecified atom stereocenters. The van der Waals surface area contributed by atoms with Crippen molar-refractivity contribution in [3.05, 3.63) is 65.7 Å². The highest BCUT2D eigenvalue weighted by molar-refractivity contribution is 6.04. The average Bonchev–Trinajstić information content (AvgIpc) is 3.08. The molecule has 0 spiro atoms. The molecule has 3 N–H and O–H groups in total. The molecule has 1 amide bonds. The van der Waals surface area contributed by atoms with Crippen molar-refractivity contribution in [3.63, 3.8) is 0 Å². The number of amides is 1. The Balaban J connectivity index is 1.51. The zero-order valence-corrected chi connectivity index (χ0v) is 14.3. The smallest absolute Gasteiger partial charge is 0.282 e. The lowest BCUT2D eigenvalue weighted by Crippen LogP contribution is -2.17. The molecule has 1 aliphatic heterocycles. The molecule has 5 heteroatoms. The Bertz CT molecular complexity index is 741. The van der Waals surface area contributed by atoms with Gasteiger partial charge < -0.3 is 15.8 Å². The van der Waals surface area contributed by atoms with E-state index in [0.29, 0.717) is 24.1 Å². The third kappa shape index (κ3) is 4.59. The Morgan fingerprint density at radius 1 is 1.24 bits per heavy atom. The standard InChI is InChI=1S/C20H23N3O2/c1-14(18-13-25-20(21)23-18)7-8-15-9-11-17(12-10-15)22-19(24)16-5-3-2-4-6-16/h2-6,9-12,14,18H,7-8,13H2,1H3,(H2,21,23)(H,22,24). The van der Waals surface area contributed by atoms with Crippen molar-refractivity contribution >= 4 is 17.6 Å². The van der Waals surface area contributed by atoms with E-state index in [1.54, 1.807) is 12.1 Å². The molecule has 25 heavy (non-hydrogen) atoms. The van der Waals surface area contributed by atoms with E-state index in [2.05, 4.69) is 29.4 Å². The highest BCUT2D eigenvalue weighted by Crippen LogP contribution is 2.20. The van der Waals surface area contributed by atoms with E-state index in [0.717, 1.165) is 18.5 Å². The quantitative estimate of drug-likeness (QED) is 0.849. The number of benzene rings is 2. The highest BCUT2D eigenvalue weighted by atomic mass is 16.5. The lowest BCUT2D eigenvalue weighted by molar-refractivity contribution is 0.102. The Labute approximate surface area is 147 Å². The van der Waals surface area contributed by atoms with Gasteiger partial charge in [-0.2, -0.15) is 0 Å². The number of nitrogens with zero attached hydrogens (tertiary/aromatic N) is 1. The minimum absolute atomic E-state index is 0.0985. The first-order valence-electron chi connectivity index (χ1n) is 8.53. The first kappa shape index (κ1) is 17.0. The van der Waals surface area contributed by atoms with Crippen molar-refractivity contribution in [1.29, 1.82) is 0 Å². The molecule has 1 aliphatic rings. The molecule has 0 saturated heterocycles. The Morgan fingerprint density at radius 2 is 1.96 bits per heavy atom. The van der Waals surface area contributed by atoms with Gasteiger partial charge in [0.1, 0.15) is 6.61 Å². The molecular weight excluding hydrogens is 314 g/mol. The van der Waals surface area contributed by atoms with Crippen molar-refractivity contribution in [1.82, 2.24) is 0 Å². The van der Waals surface area contributed by atoms with E-state index in [1.165, 1.54) is 5.56 Å². The van der Waals surface area contributed by atoms with Crippen molar-refractivity contribution in [2.45, 2.75) is 25.8 Å². The van der Waals surface area contributed by atoms with E-state index < -0.39 is 0 Å². The Kier molecular flexibility index (Phi) is 5.33. The summed E-state index contributed by atoms with van der Waals surface area (Å²) in [5.74, 6) is 0.317. The van der Waals surface area contributed by atoms with Crippen LogP contribution in [0, 0.1) is 5.92 Å². The van der Waals surface area contributed by atoms with E-state index in [1.807, 2.05) is 30.3 Å². The van der Waals surface area contributed by atoms with Gasteiger partial charge in [0.2, 0.25) is 0 Å². The maximum Gasteiger partial charge on any atom is 0.282 e. The fourth-order valence-electron chi connectivity index (χ4n) is 2.83. The average molecular weight is 337 g/mol. The summed E-state index contributed by atoms with van der Waals surface area (Å²) in [5, 5.41) is 2.91. The molecule has 130 valence electrons. The lowest BCUT2D eigenvalue weighted by atomic mass is 9.95. The number of aryl methyl sites for hydroxylation is 1. The molecule has 0 radical (unpaired) electrons. The zero-order valence-electron chi connectivity index (χ0n) is 14.3. The van der Waals surface area contributed by atoms with Crippen molar-refractivity contribution in [2.24, 2.45) is 16.6 Å². The summed E-state index contributed by atoms with van der Waals surface area (Å²) >= 11 is 0. The van der Waals surface area contributed by atoms with Gasteiger partial charge in [-0.3, -0.25) is 4.79 Å². The summed E-state index contributed by atoms with van der Waals surface area (Å²) in [6.07, 6.45) is 1.97. The van der Waals surface area contributed by atoms with Crippen LogP contribution in [-0.2, 0) is 11.2 Å². The highest BCUT2D eigenvalue weighted by Gasteiger charge is 2.22. The first-order chi connectivity index (χ1) is 12.1. The summed E-state index contributed by atoms with van der Waals surface area (Å²) in [4.78, 5) is 16.4. The molecule has 1 heterocycles. The fraction of sp³-hybridized carbons (Fsp3) is 0.300. The topological polar surface area (TPSA) is 76.7 Å². The van der Waals surface area contributed by atoms with Gasteiger partial charge in [0.25, 0.3) is 11.9 Å². The molecule has 2 atom stereocenters. The molecule has 2 aromatic carbocycles. The maximum atomic E-state index is 12.1. The second kappa shape index (κ2) is 7.83. The number of carbonyl (C=O) groups excluding carboxylic acids is 1. The van der Waals surface area contributed by atoms with Gasteiger partial charge in [-0.1, -0.05) is 37.3 Å². The Hall–Kier alpha value is -2.82. The number of anilines is 1. The fourth-order valence-corrected chi connectivity index (χ4v) is 2.83. The number of hydrogen-bond donors (Lipinski definition) is 2. The van der Waals surface area contributed by atoms with Gasteiger partial charge in [-0.15, -0.1) is 0 Å². The van der Waals surface area contributed by atoms with Gasteiger partial charge in [0, 0.05) is 11.3 Å². The second-order valence-corrected chi connectivity index (χ2v) is 6.38. The van der Waals surface area contributed by atoms with E-state index in [9.17, 15) is 4.79 Å². The summed E-state index contributed by atoms with van der Waals surface area (Å²) < 4.78 is 5.22. The minimum atomic E-state index is -0.0985. The minimum Gasteiger partial charge on any atom is -0.463 e. The van der Waals surface area contributed by atoms with Gasteiger partial charge >= 0.3 is 0 Å². The van der Waals surface area contributed by atoms with E-state index >= 15 is 0 Å². The van der Waals surface area contributed by atoms with E-state index in [-0.39, 0.29) is 11.9 Å².